The maximum Gasteiger partial charge on any atom is 0.344 e. The van der Waals surface area contributed by atoms with Crippen LogP contribution < -0.4 is 4.74 Å². The number of benzene rings is 1. The third-order valence-corrected chi connectivity index (χ3v) is 4.03. The molecule has 5 heteroatoms. The van der Waals surface area contributed by atoms with Gasteiger partial charge in [-0.1, -0.05) is 18.2 Å². The minimum Gasteiger partial charge on any atom is -0.482 e. The molecule has 0 amide bonds. The predicted molar refractivity (Wildman–Crippen MR) is 81.3 cm³/mol. The fourth-order valence-corrected chi connectivity index (χ4v) is 2.98. The summed E-state index contributed by atoms with van der Waals surface area (Å²) in [4.78, 5) is 13.9. The van der Waals surface area contributed by atoms with E-state index in [0.29, 0.717) is 12.4 Å². The molecule has 1 aromatic carbocycles. The fraction of sp³-hybridized carbons (Fsp3) is 0.533. The summed E-state index contributed by atoms with van der Waals surface area (Å²) in [5, 5.41) is 0. The van der Waals surface area contributed by atoms with E-state index >= 15 is 0 Å². The number of para-hydroxylation sites is 1. The van der Waals surface area contributed by atoms with Gasteiger partial charge < -0.3 is 14.4 Å². The quantitative estimate of drug-likeness (QED) is 0.568. The van der Waals surface area contributed by atoms with Gasteiger partial charge in [-0.25, -0.2) is 4.79 Å². The molecule has 0 N–H and O–H groups in total. The standard InChI is InChI=1S/C15H21NO3S/c17-15(13-19-14-5-2-1-3-6-14)18-10-4-7-16-8-11-20-12-9-16/h1-3,5-6H,4,7-13H2. The predicted octanol–water partition coefficient (Wildman–Crippen LogP) is 2.05. The van der Waals surface area contributed by atoms with E-state index in [4.69, 9.17) is 9.47 Å². The molecule has 0 aromatic heterocycles. The van der Waals surface area contributed by atoms with Crippen LogP contribution in [0.1, 0.15) is 6.42 Å². The first-order chi connectivity index (χ1) is 9.84. The van der Waals surface area contributed by atoms with Crippen molar-refractivity contribution in [1.82, 2.24) is 4.90 Å². The highest BCUT2D eigenvalue weighted by molar-refractivity contribution is 7.99. The molecule has 0 bridgehead atoms. The lowest BCUT2D eigenvalue weighted by atomic mass is 10.3. The maximum absolute atomic E-state index is 11.5. The molecule has 1 fully saturated rings. The Bertz CT molecular complexity index is 393. The first-order valence-electron chi connectivity index (χ1n) is 6.98. The van der Waals surface area contributed by atoms with Gasteiger partial charge >= 0.3 is 5.97 Å². The molecule has 1 aromatic rings. The number of thioether (sulfide) groups is 1. The van der Waals surface area contributed by atoms with Crippen molar-refractivity contribution < 1.29 is 14.3 Å². The van der Waals surface area contributed by atoms with Crippen LogP contribution in [0.2, 0.25) is 0 Å². The number of hydrogen-bond donors (Lipinski definition) is 0. The summed E-state index contributed by atoms with van der Waals surface area (Å²) in [6.45, 7) is 3.75. The second-order valence-corrected chi connectivity index (χ2v) is 5.85. The lowest BCUT2D eigenvalue weighted by Crippen LogP contribution is -2.34. The summed E-state index contributed by atoms with van der Waals surface area (Å²) in [6.07, 6.45) is 0.891. The van der Waals surface area contributed by atoms with Gasteiger partial charge in [0.25, 0.3) is 0 Å². The summed E-state index contributed by atoms with van der Waals surface area (Å²) in [6, 6.07) is 9.29. The van der Waals surface area contributed by atoms with Crippen LogP contribution in [0.3, 0.4) is 0 Å². The molecule has 4 nitrogen and oxygen atoms in total. The second-order valence-electron chi connectivity index (χ2n) is 4.63. The molecule has 1 aliphatic rings. The van der Waals surface area contributed by atoms with Crippen LogP contribution >= 0.6 is 11.8 Å². The summed E-state index contributed by atoms with van der Waals surface area (Å²) in [7, 11) is 0. The Kier molecular flexibility index (Phi) is 6.74. The Morgan fingerprint density at radius 3 is 2.70 bits per heavy atom. The molecule has 0 unspecified atom stereocenters. The van der Waals surface area contributed by atoms with Crippen LogP contribution in [-0.4, -0.2) is 55.2 Å². The molecule has 1 heterocycles. The molecule has 0 spiro atoms. The van der Waals surface area contributed by atoms with Crippen LogP contribution in [0.5, 0.6) is 5.75 Å². The Morgan fingerprint density at radius 1 is 1.20 bits per heavy atom. The molecular formula is C15H21NO3S. The Balaban J connectivity index is 1.51. The number of ether oxygens (including phenoxy) is 2. The average Bonchev–Trinajstić information content (AvgIpc) is 2.52. The van der Waals surface area contributed by atoms with E-state index in [-0.39, 0.29) is 12.6 Å². The zero-order valence-corrected chi connectivity index (χ0v) is 12.4. The van der Waals surface area contributed by atoms with Crippen molar-refractivity contribution in [2.24, 2.45) is 0 Å². The lowest BCUT2D eigenvalue weighted by Gasteiger charge is -2.25. The summed E-state index contributed by atoms with van der Waals surface area (Å²) in [5.41, 5.74) is 0. The molecule has 20 heavy (non-hydrogen) atoms. The zero-order valence-electron chi connectivity index (χ0n) is 11.6. The number of rotatable bonds is 7. The third-order valence-electron chi connectivity index (χ3n) is 3.09. The van der Waals surface area contributed by atoms with Crippen molar-refractivity contribution in [3.8, 4) is 5.75 Å². The highest BCUT2D eigenvalue weighted by Crippen LogP contribution is 2.09. The first-order valence-corrected chi connectivity index (χ1v) is 8.13. The summed E-state index contributed by atoms with van der Waals surface area (Å²) < 4.78 is 10.5. The third kappa shape index (κ3) is 5.84. The van der Waals surface area contributed by atoms with Crippen molar-refractivity contribution >= 4 is 17.7 Å². The van der Waals surface area contributed by atoms with Gasteiger partial charge in [0, 0.05) is 31.1 Å². The summed E-state index contributed by atoms with van der Waals surface area (Å²) in [5.74, 6) is 2.81. The normalized spacial score (nSPS) is 15.8. The zero-order chi connectivity index (χ0) is 14.0. The molecule has 110 valence electrons. The van der Waals surface area contributed by atoms with Crippen LogP contribution in [0.25, 0.3) is 0 Å². The topological polar surface area (TPSA) is 38.8 Å². The van der Waals surface area contributed by atoms with Gasteiger partial charge in [0.1, 0.15) is 5.75 Å². The number of esters is 1. The maximum atomic E-state index is 11.5. The van der Waals surface area contributed by atoms with E-state index in [1.807, 2.05) is 42.1 Å². The highest BCUT2D eigenvalue weighted by atomic mass is 32.2. The van der Waals surface area contributed by atoms with E-state index in [2.05, 4.69) is 4.90 Å². The van der Waals surface area contributed by atoms with E-state index in [1.54, 1.807) is 0 Å². The van der Waals surface area contributed by atoms with Crippen molar-refractivity contribution in [3.05, 3.63) is 30.3 Å². The average molecular weight is 295 g/mol. The monoisotopic (exact) mass is 295 g/mol. The van der Waals surface area contributed by atoms with E-state index in [9.17, 15) is 4.79 Å². The Morgan fingerprint density at radius 2 is 1.95 bits per heavy atom. The van der Waals surface area contributed by atoms with Crippen molar-refractivity contribution in [2.45, 2.75) is 6.42 Å². The minimum absolute atomic E-state index is 0.0234. The Hall–Kier alpha value is -1.20. The van der Waals surface area contributed by atoms with Gasteiger partial charge in [-0.05, 0) is 18.6 Å². The molecule has 1 saturated heterocycles. The van der Waals surface area contributed by atoms with Crippen molar-refractivity contribution in [2.75, 3.05) is 44.4 Å². The minimum atomic E-state index is -0.303. The smallest absolute Gasteiger partial charge is 0.344 e. The van der Waals surface area contributed by atoms with Crippen LogP contribution in [0.4, 0.5) is 0 Å². The number of carbonyl (C=O) groups excluding carboxylic acids is 1. The van der Waals surface area contributed by atoms with Gasteiger partial charge in [-0.15, -0.1) is 0 Å². The second kappa shape index (κ2) is 8.87. The largest absolute Gasteiger partial charge is 0.482 e. The molecule has 1 aliphatic heterocycles. The van der Waals surface area contributed by atoms with Crippen LogP contribution in [0, 0.1) is 0 Å². The van der Waals surface area contributed by atoms with Gasteiger partial charge in [0.05, 0.1) is 6.61 Å². The van der Waals surface area contributed by atoms with E-state index < -0.39 is 0 Å². The van der Waals surface area contributed by atoms with Gasteiger partial charge in [0.2, 0.25) is 0 Å². The van der Waals surface area contributed by atoms with Crippen molar-refractivity contribution in [1.29, 1.82) is 0 Å². The van der Waals surface area contributed by atoms with Gasteiger partial charge in [-0.3, -0.25) is 0 Å². The number of hydrogen-bond acceptors (Lipinski definition) is 5. The number of carbonyl (C=O) groups is 1. The first kappa shape index (κ1) is 15.2. The SMILES string of the molecule is O=C(COc1ccccc1)OCCCN1CCSCC1. The molecular weight excluding hydrogens is 274 g/mol. The summed E-state index contributed by atoms with van der Waals surface area (Å²) >= 11 is 2.00. The molecule has 0 saturated carbocycles. The molecule has 0 radical (unpaired) electrons. The van der Waals surface area contributed by atoms with E-state index in [1.165, 1.54) is 11.5 Å². The molecule has 0 atom stereocenters. The fourth-order valence-electron chi connectivity index (χ4n) is 2.00. The van der Waals surface area contributed by atoms with E-state index in [0.717, 1.165) is 26.1 Å². The molecule has 2 rings (SSSR count). The van der Waals surface area contributed by atoms with Crippen LogP contribution in [0.15, 0.2) is 30.3 Å². The lowest BCUT2D eigenvalue weighted by molar-refractivity contribution is -0.146. The number of nitrogens with zero attached hydrogens (tertiary/aromatic N) is 1. The highest BCUT2D eigenvalue weighted by Gasteiger charge is 2.10. The Labute approximate surface area is 124 Å². The van der Waals surface area contributed by atoms with Crippen molar-refractivity contribution in [3.63, 3.8) is 0 Å². The van der Waals surface area contributed by atoms with Crippen LogP contribution in [-0.2, 0) is 9.53 Å². The van der Waals surface area contributed by atoms with Gasteiger partial charge in [-0.2, -0.15) is 11.8 Å². The molecule has 0 aliphatic carbocycles. The van der Waals surface area contributed by atoms with Gasteiger partial charge in [0.15, 0.2) is 6.61 Å².